The number of amides is 1. The van der Waals surface area contributed by atoms with Crippen LogP contribution >= 0.6 is 11.6 Å². The summed E-state index contributed by atoms with van der Waals surface area (Å²) in [6.45, 7) is 1.82. The molecule has 2 N–H and O–H groups in total. The molecule has 2 aromatic carbocycles. The standard InChI is InChI=1S/C18H14ClN3O2/c1-11-9-13(19)7-8-15(11)21-17(23)14-10-20-16(22-18(14)24)12-5-3-2-4-6-12/h2-10H,1H3,(H,21,23)(H,20,22,24). The number of halogens is 1. The zero-order valence-electron chi connectivity index (χ0n) is 12.8. The van der Waals surface area contributed by atoms with Crippen LogP contribution in [0.3, 0.4) is 0 Å². The van der Waals surface area contributed by atoms with E-state index in [2.05, 4.69) is 15.3 Å². The Bertz CT molecular complexity index is 952. The third-order valence-corrected chi connectivity index (χ3v) is 3.76. The number of hydrogen-bond donors (Lipinski definition) is 2. The molecule has 0 aliphatic rings. The maximum absolute atomic E-state index is 12.3. The Kier molecular flexibility index (Phi) is 4.44. The Morgan fingerprint density at radius 3 is 2.58 bits per heavy atom. The van der Waals surface area contributed by atoms with Gasteiger partial charge in [0.15, 0.2) is 0 Å². The van der Waals surface area contributed by atoms with Crippen molar-refractivity contribution in [2.45, 2.75) is 6.92 Å². The first-order valence-electron chi connectivity index (χ1n) is 7.27. The summed E-state index contributed by atoms with van der Waals surface area (Å²) >= 11 is 5.89. The van der Waals surface area contributed by atoms with E-state index in [4.69, 9.17) is 11.6 Å². The first-order chi connectivity index (χ1) is 11.5. The van der Waals surface area contributed by atoms with Crippen molar-refractivity contribution in [1.29, 1.82) is 0 Å². The molecule has 3 rings (SSSR count). The van der Waals surface area contributed by atoms with Gasteiger partial charge in [0, 0.05) is 22.5 Å². The molecule has 1 amide bonds. The van der Waals surface area contributed by atoms with Gasteiger partial charge in [-0.3, -0.25) is 9.59 Å². The van der Waals surface area contributed by atoms with Gasteiger partial charge in [-0.1, -0.05) is 41.9 Å². The number of anilines is 1. The number of rotatable bonds is 3. The molecule has 0 spiro atoms. The molecular weight excluding hydrogens is 326 g/mol. The minimum absolute atomic E-state index is 0.0518. The van der Waals surface area contributed by atoms with Crippen LogP contribution in [0.2, 0.25) is 5.02 Å². The lowest BCUT2D eigenvalue weighted by atomic mass is 10.2. The van der Waals surface area contributed by atoms with Crippen LogP contribution in [0.4, 0.5) is 5.69 Å². The molecule has 0 bridgehead atoms. The van der Waals surface area contributed by atoms with Crippen molar-refractivity contribution in [3.8, 4) is 11.4 Å². The van der Waals surface area contributed by atoms with E-state index in [0.717, 1.165) is 11.1 Å². The highest BCUT2D eigenvalue weighted by molar-refractivity contribution is 6.30. The van der Waals surface area contributed by atoms with Gasteiger partial charge in [-0.2, -0.15) is 0 Å². The summed E-state index contributed by atoms with van der Waals surface area (Å²) in [5.41, 5.74) is 1.63. The third kappa shape index (κ3) is 3.36. The Morgan fingerprint density at radius 1 is 1.17 bits per heavy atom. The van der Waals surface area contributed by atoms with Crippen LogP contribution in [0.15, 0.2) is 59.5 Å². The second-order valence-electron chi connectivity index (χ2n) is 5.25. The van der Waals surface area contributed by atoms with E-state index >= 15 is 0 Å². The summed E-state index contributed by atoms with van der Waals surface area (Å²) in [6, 6.07) is 14.3. The van der Waals surface area contributed by atoms with E-state index in [0.29, 0.717) is 16.5 Å². The van der Waals surface area contributed by atoms with Crippen LogP contribution in [0, 0.1) is 6.92 Å². The van der Waals surface area contributed by atoms with Crippen LogP contribution in [-0.4, -0.2) is 15.9 Å². The molecule has 1 aromatic heterocycles. The summed E-state index contributed by atoms with van der Waals surface area (Å²) < 4.78 is 0. The summed E-state index contributed by atoms with van der Waals surface area (Å²) in [7, 11) is 0. The lowest BCUT2D eigenvalue weighted by Gasteiger charge is -2.08. The average Bonchev–Trinajstić information content (AvgIpc) is 2.58. The quantitative estimate of drug-likeness (QED) is 0.764. The van der Waals surface area contributed by atoms with Gasteiger partial charge in [-0.05, 0) is 30.7 Å². The Balaban J connectivity index is 1.87. The molecule has 5 nitrogen and oxygen atoms in total. The molecule has 0 radical (unpaired) electrons. The molecule has 0 saturated carbocycles. The van der Waals surface area contributed by atoms with Crippen molar-refractivity contribution in [3.63, 3.8) is 0 Å². The van der Waals surface area contributed by atoms with Gasteiger partial charge >= 0.3 is 0 Å². The maximum atomic E-state index is 12.3. The molecule has 0 aliphatic heterocycles. The number of nitrogens with zero attached hydrogens (tertiary/aromatic N) is 1. The first kappa shape index (κ1) is 16.0. The fourth-order valence-electron chi connectivity index (χ4n) is 2.26. The first-order valence-corrected chi connectivity index (χ1v) is 7.64. The topological polar surface area (TPSA) is 74.8 Å². The van der Waals surface area contributed by atoms with Crippen molar-refractivity contribution in [2.75, 3.05) is 5.32 Å². The van der Waals surface area contributed by atoms with Gasteiger partial charge in [-0.25, -0.2) is 4.98 Å². The van der Waals surface area contributed by atoms with Gasteiger partial charge in [0.1, 0.15) is 11.4 Å². The van der Waals surface area contributed by atoms with Crippen molar-refractivity contribution >= 4 is 23.2 Å². The molecule has 0 aliphatic carbocycles. The number of hydrogen-bond acceptors (Lipinski definition) is 3. The number of benzene rings is 2. The third-order valence-electron chi connectivity index (χ3n) is 3.53. The van der Waals surface area contributed by atoms with E-state index < -0.39 is 11.5 Å². The van der Waals surface area contributed by atoms with E-state index in [9.17, 15) is 9.59 Å². The van der Waals surface area contributed by atoms with Crippen LogP contribution in [0.25, 0.3) is 11.4 Å². The number of H-pyrrole nitrogens is 1. The van der Waals surface area contributed by atoms with E-state index in [1.54, 1.807) is 18.2 Å². The highest BCUT2D eigenvalue weighted by Crippen LogP contribution is 2.20. The van der Waals surface area contributed by atoms with Crippen molar-refractivity contribution in [2.24, 2.45) is 0 Å². The van der Waals surface area contributed by atoms with Gasteiger partial charge < -0.3 is 10.3 Å². The average molecular weight is 340 g/mol. The normalized spacial score (nSPS) is 10.4. The molecular formula is C18H14ClN3O2. The molecule has 24 heavy (non-hydrogen) atoms. The largest absolute Gasteiger partial charge is 0.322 e. The molecule has 0 saturated heterocycles. The van der Waals surface area contributed by atoms with Crippen LogP contribution in [-0.2, 0) is 0 Å². The van der Waals surface area contributed by atoms with Crippen molar-refractivity contribution in [1.82, 2.24) is 9.97 Å². The number of aromatic nitrogens is 2. The van der Waals surface area contributed by atoms with Gasteiger partial charge in [-0.15, -0.1) is 0 Å². The zero-order chi connectivity index (χ0) is 17.1. The van der Waals surface area contributed by atoms with Crippen molar-refractivity contribution < 1.29 is 4.79 Å². The fourth-order valence-corrected chi connectivity index (χ4v) is 2.48. The lowest BCUT2D eigenvalue weighted by molar-refractivity contribution is 0.102. The molecule has 6 heteroatoms. The Labute approximate surface area is 143 Å². The van der Waals surface area contributed by atoms with E-state index in [1.165, 1.54) is 6.20 Å². The van der Waals surface area contributed by atoms with Gasteiger partial charge in [0.05, 0.1) is 0 Å². The predicted molar refractivity (Wildman–Crippen MR) is 94.4 cm³/mol. The minimum atomic E-state index is -0.520. The number of aryl methyl sites for hydroxylation is 1. The van der Waals surface area contributed by atoms with Gasteiger partial charge in [0.25, 0.3) is 11.5 Å². The van der Waals surface area contributed by atoms with Crippen LogP contribution in [0.1, 0.15) is 15.9 Å². The van der Waals surface area contributed by atoms with Crippen molar-refractivity contribution in [3.05, 3.63) is 81.2 Å². The monoisotopic (exact) mass is 339 g/mol. The van der Waals surface area contributed by atoms with Gasteiger partial charge in [0.2, 0.25) is 0 Å². The zero-order valence-corrected chi connectivity index (χ0v) is 13.6. The summed E-state index contributed by atoms with van der Waals surface area (Å²) in [6.07, 6.45) is 1.28. The summed E-state index contributed by atoms with van der Waals surface area (Å²) in [5.74, 6) is -0.103. The fraction of sp³-hybridized carbons (Fsp3) is 0.0556. The number of carbonyl (C=O) groups excluding carboxylic acids is 1. The number of aromatic amines is 1. The number of nitrogens with one attached hydrogen (secondary N) is 2. The highest BCUT2D eigenvalue weighted by Gasteiger charge is 2.13. The Morgan fingerprint density at radius 2 is 1.92 bits per heavy atom. The summed E-state index contributed by atoms with van der Waals surface area (Å²) in [4.78, 5) is 31.3. The lowest BCUT2D eigenvalue weighted by Crippen LogP contribution is -2.24. The molecule has 3 aromatic rings. The second kappa shape index (κ2) is 6.68. The molecule has 1 heterocycles. The number of carbonyl (C=O) groups is 1. The molecule has 0 atom stereocenters. The molecule has 0 fully saturated rings. The second-order valence-corrected chi connectivity index (χ2v) is 5.69. The predicted octanol–water partition coefficient (Wildman–Crippen LogP) is 3.65. The minimum Gasteiger partial charge on any atom is -0.322 e. The molecule has 0 unspecified atom stereocenters. The van der Waals surface area contributed by atoms with Crippen LogP contribution < -0.4 is 10.9 Å². The Hall–Kier alpha value is -2.92. The van der Waals surface area contributed by atoms with E-state index in [1.807, 2.05) is 37.3 Å². The smallest absolute Gasteiger partial charge is 0.264 e. The van der Waals surface area contributed by atoms with Crippen LogP contribution in [0.5, 0.6) is 0 Å². The molecule has 120 valence electrons. The SMILES string of the molecule is Cc1cc(Cl)ccc1NC(=O)c1cnc(-c2ccccc2)[nH]c1=O. The maximum Gasteiger partial charge on any atom is 0.264 e. The summed E-state index contributed by atoms with van der Waals surface area (Å²) in [5, 5.41) is 3.28. The van der Waals surface area contributed by atoms with E-state index in [-0.39, 0.29) is 5.56 Å². The highest BCUT2D eigenvalue weighted by atomic mass is 35.5.